The molecule has 54 valence electrons. The Hall–Kier alpha value is -0.370. The fraction of sp³-hybridized carbons (Fsp3) is 0.375. The SMILES string of the molecule is CC(Br)Cc1ccccn1. The van der Waals surface area contributed by atoms with Crippen molar-refractivity contribution in [2.24, 2.45) is 0 Å². The van der Waals surface area contributed by atoms with Crippen molar-refractivity contribution in [2.75, 3.05) is 0 Å². The van der Waals surface area contributed by atoms with E-state index in [0.717, 1.165) is 12.1 Å². The number of rotatable bonds is 2. The van der Waals surface area contributed by atoms with E-state index in [9.17, 15) is 0 Å². The Morgan fingerprint density at radius 2 is 2.40 bits per heavy atom. The van der Waals surface area contributed by atoms with Crippen LogP contribution in [0.3, 0.4) is 0 Å². The fourth-order valence-electron chi connectivity index (χ4n) is 0.807. The third-order valence-corrected chi connectivity index (χ3v) is 1.54. The van der Waals surface area contributed by atoms with Crippen LogP contribution < -0.4 is 0 Å². The lowest BCUT2D eigenvalue weighted by Crippen LogP contribution is -1.97. The predicted octanol–water partition coefficient (Wildman–Crippen LogP) is 2.41. The van der Waals surface area contributed by atoms with Gasteiger partial charge in [0.05, 0.1) is 0 Å². The van der Waals surface area contributed by atoms with Crippen molar-refractivity contribution in [1.29, 1.82) is 0 Å². The van der Waals surface area contributed by atoms with E-state index in [-0.39, 0.29) is 0 Å². The van der Waals surface area contributed by atoms with Crippen molar-refractivity contribution < 1.29 is 0 Å². The molecular weight excluding hydrogens is 190 g/mol. The van der Waals surface area contributed by atoms with E-state index in [1.807, 2.05) is 24.4 Å². The van der Waals surface area contributed by atoms with Crippen molar-refractivity contribution in [3.05, 3.63) is 30.1 Å². The Labute approximate surface area is 69.6 Å². The molecule has 0 saturated heterocycles. The minimum Gasteiger partial charge on any atom is -0.261 e. The van der Waals surface area contributed by atoms with Gasteiger partial charge in [0.25, 0.3) is 0 Å². The maximum absolute atomic E-state index is 4.19. The summed E-state index contributed by atoms with van der Waals surface area (Å²) in [7, 11) is 0. The lowest BCUT2D eigenvalue weighted by molar-refractivity contribution is 0.914. The molecule has 0 radical (unpaired) electrons. The van der Waals surface area contributed by atoms with Crippen molar-refractivity contribution in [2.45, 2.75) is 18.2 Å². The summed E-state index contributed by atoms with van der Waals surface area (Å²) in [5.41, 5.74) is 1.15. The molecule has 0 amide bonds. The normalized spacial score (nSPS) is 13.0. The van der Waals surface area contributed by atoms with Gasteiger partial charge in [-0.25, -0.2) is 0 Å². The third kappa shape index (κ3) is 2.48. The molecule has 0 aliphatic heterocycles. The summed E-state index contributed by atoms with van der Waals surface area (Å²) in [5.74, 6) is 0. The molecule has 0 aliphatic carbocycles. The Bertz CT molecular complexity index is 184. The summed E-state index contributed by atoms with van der Waals surface area (Å²) < 4.78 is 0. The fourth-order valence-corrected chi connectivity index (χ4v) is 1.14. The molecule has 0 aliphatic rings. The molecule has 0 spiro atoms. The highest BCUT2D eigenvalue weighted by Crippen LogP contribution is 2.05. The average molecular weight is 200 g/mol. The van der Waals surface area contributed by atoms with Crippen LogP contribution in [-0.4, -0.2) is 9.81 Å². The van der Waals surface area contributed by atoms with Crippen LogP contribution in [0.15, 0.2) is 24.4 Å². The average Bonchev–Trinajstić information content (AvgIpc) is 1.88. The highest BCUT2D eigenvalue weighted by Gasteiger charge is 1.97. The first-order valence-corrected chi connectivity index (χ1v) is 4.24. The van der Waals surface area contributed by atoms with Crippen molar-refractivity contribution in [3.8, 4) is 0 Å². The molecule has 1 atom stereocenters. The van der Waals surface area contributed by atoms with Gasteiger partial charge in [-0.3, -0.25) is 4.98 Å². The Kier molecular flexibility index (Phi) is 2.87. The standard InChI is InChI=1S/C8H10BrN/c1-7(9)6-8-4-2-3-5-10-8/h2-5,7H,6H2,1H3. The molecule has 1 nitrogen and oxygen atoms in total. The molecule has 0 N–H and O–H groups in total. The number of nitrogens with zero attached hydrogens (tertiary/aromatic N) is 1. The molecule has 0 aromatic carbocycles. The summed E-state index contributed by atoms with van der Waals surface area (Å²) in [6, 6.07) is 5.98. The van der Waals surface area contributed by atoms with E-state index < -0.39 is 0 Å². The van der Waals surface area contributed by atoms with Crippen molar-refractivity contribution in [3.63, 3.8) is 0 Å². The second-order valence-electron chi connectivity index (χ2n) is 2.31. The summed E-state index contributed by atoms with van der Waals surface area (Å²) in [5, 5.41) is 0. The summed E-state index contributed by atoms with van der Waals surface area (Å²) in [6.45, 7) is 2.12. The number of alkyl halides is 1. The topological polar surface area (TPSA) is 12.9 Å². The Morgan fingerprint density at radius 1 is 1.60 bits per heavy atom. The second-order valence-corrected chi connectivity index (χ2v) is 3.87. The lowest BCUT2D eigenvalue weighted by Gasteiger charge is -1.99. The number of pyridine rings is 1. The van der Waals surface area contributed by atoms with Gasteiger partial charge >= 0.3 is 0 Å². The van der Waals surface area contributed by atoms with Crippen LogP contribution in [0.25, 0.3) is 0 Å². The van der Waals surface area contributed by atoms with Gasteiger partial charge in [-0.1, -0.05) is 28.9 Å². The van der Waals surface area contributed by atoms with Crippen LogP contribution >= 0.6 is 15.9 Å². The minimum atomic E-state index is 0.516. The molecule has 2 heteroatoms. The van der Waals surface area contributed by atoms with Gasteiger partial charge in [0.1, 0.15) is 0 Å². The van der Waals surface area contributed by atoms with E-state index in [4.69, 9.17) is 0 Å². The highest BCUT2D eigenvalue weighted by atomic mass is 79.9. The van der Waals surface area contributed by atoms with Gasteiger partial charge < -0.3 is 0 Å². The van der Waals surface area contributed by atoms with Crippen LogP contribution in [0.5, 0.6) is 0 Å². The number of hydrogen-bond donors (Lipinski definition) is 0. The first kappa shape index (κ1) is 7.73. The molecule has 10 heavy (non-hydrogen) atoms. The van der Waals surface area contributed by atoms with Gasteiger partial charge in [0.2, 0.25) is 0 Å². The zero-order valence-corrected chi connectivity index (χ0v) is 7.51. The maximum atomic E-state index is 4.19. The molecule has 1 rings (SSSR count). The monoisotopic (exact) mass is 199 g/mol. The summed E-state index contributed by atoms with van der Waals surface area (Å²) >= 11 is 3.47. The molecular formula is C8H10BrN. The van der Waals surface area contributed by atoms with Gasteiger partial charge in [-0.05, 0) is 12.1 Å². The summed E-state index contributed by atoms with van der Waals surface area (Å²) in [6.07, 6.45) is 2.82. The third-order valence-electron chi connectivity index (χ3n) is 1.22. The Balaban J connectivity index is 2.59. The van der Waals surface area contributed by atoms with Gasteiger partial charge in [-0.15, -0.1) is 0 Å². The van der Waals surface area contributed by atoms with Crippen molar-refractivity contribution >= 4 is 15.9 Å². The first-order valence-electron chi connectivity index (χ1n) is 3.33. The molecule has 1 aromatic heterocycles. The molecule has 0 fully saturated rings. The van der Waals surface area contributed by atoms with Gasteiger partial charge in [-0.2, -0.15) is 0 Å². The number of hydrogen-bond acceptors (Lipinski definition) is 1. The van der Waals surface area contributed by atoms with Crippen molar-refractivity contribution in [1.82, 2.24) is 4.98 Å². The second kappa shape index (κ2) is 3.71. The quantitative estimate of drug-likeness (QED) is 0.668. The smallest absolute Gasteiger partial charge is 0.0414 e. The number of aromatic nitrogens is 1. The highest BCUT2D eigenvalue weighted by molar-refractivity contribution is 9.09. The summed E-state index contributed by atoms with van der Waals surface area (Å²) in [4.78, 5) is 4.70. The van der Waals surface area contributed by atoms with Crippen LogP contribution in [-0.2, 0) is 6.42 Å². The number of halogens is 1. The van der Waals surface area contributed by atoms with E-state index in [0.29, 0.717) is 4.83 Å². The minimum absolute atomic E-state index is 0.516. The zero-order valence-electron chi connectivity index (χ0n) is 5.92. The van der Waals surface area contributed by atoms with Crippen LogP contribution in [0, 0.1) is 0 Å². The zero-order chi connectivity index (χ0) is 7.40. The molecule has 1 heterocycles. The largest absolute Gasteiger partial charge is 0.261 e. The molecule has 0 bridgehead atoms. The van der Waals surface area contributed by atoms with E-state index >= 15 is 0 Å². The first-order chi connectivity index (χ1) is 4.79. The lowest BCUT2D eigenvalue weighted by atomic mass is 10.2. The van der Waals surface area contributed by atoms with Gasteiger partial charge in [0, 0.05) is 23.1 Å². The van der Waals surface area contributed by atoms with E-state index in [1.54, 1.807) is 0 Å². The van der Waals surface area contributed by atoms with E-state index in [2.05, 4.69) is 27.8 Å². The van der Waals surface area contributed by atoms with Crippen LogP contribution in [0.2, 0.25) is 0 Å². The Morgan fingerprint density at radius 3 is 2.90 bits per heavy atom. The molecule has 1 unspecified atom stereocenters. The molecule has 1 aromatic rings. The van der Waals surface area contributed by atoms with E-state index in [1.165, 1.54) is 0 Å². The van der Waals surface area contributed by atoms with Crippen LogP contribution in [0.4, 0.5) is 0 Å². The van der Waals surface area contributed by atoms with Crippen LogP contribution in [0.1, 0.15) is 12.6 Å². The molecule has 0 saturated carbocycles. The maximum Gasteiger partial charge on any atom is 0.0414 e. The predicted molar refractivity (Wildman–Crippen MR) is 46.3 cm³/mol. The van der Waals surface area contributed by atoms with Gasteiger partial charge in [0.15, 0.2) is 0 Å².